The fourth-order valence-electron chi connectivity index (χ4n) is 3.69. The highest BCUT2D eigenvalue weighted by Crippen LogP contribution is 2.39. The fraction of sp³-hybridized carbons (Fsp3) is 0.120. The fourth-order valence-corrected chi connectivity index (χ4v) is 3.69. The van der Waals surface area contributed by atoms with Crippen LogP contribution in [0.15, 0.2) is 97.6 Å². The number of aromatic nitrogens is 2. The van der Waals surface area contributed by atoms with Crippen LogP contribution < -0.4 is 4.90 Å². The summed E-state index contributed by atoms with van der Waals surface area (Å²) >= 11 is 0. The van der Waals surface area contributed by atoms with Crippen LogP contribution in [-0.2, 0) is 6.18 Å². The molecule has 0 bridgehead atoms. The predicted molar refractivity (Wildman–Crippen MR) is 116 cm³/mol. The van der Waals surface area contributed by atoms with Crippen molar-refractivity contribution in [1.82, 2.24) is 9.97 Å². The van der Waals surface area contributed by atoms with Crippen molar-refractivity contribution in [3.05, 3.63) is 109 Å². The molecule has 31 heavy (non-hydrogen) atoms. The second-order valence-electron chi connectivity index (χ2n) is 7.13. The van der Waals surface area contributed by atoms with Gasteiger partial charge in [-0.05, 0) is 60.0 Å². The van der Waals surface area contributed by atoms with E-state index in [0.717, 1.165) is 40.2 Å². The van der Waals surface area contributed by atoms with Gasteiger partial charge in [-0.1, -0.05) is 36.4 Å². The second kappa shape index (κ2) is 8.60. The molecule has 4 rings (SSSR count). The van der Waals surface area contributed by atoms with Gasteiger partial charge in [0, 0.05) is 12.4 Å². The Balaban J connectivity index is 1.78. The number of alkyl halides is 3. The number of hydrogen-bond acceptors (Lipinski definition) is 3. The van der Waals surface area contributed by atoms with Gasteiger partial charge in [0.1, 0.15) is 0 Å². The summed E-state index contributed by atoms with van der Waals surface area (Å²) in [6.45, 7) is 2.06. The third-order valence-electron chi connectivity index (χ3n) is 5.17. The number of anilines is 2. The standard InChI is InChI=1S/C25H20F3N3/c1-18(31(21-6-4-14-29-16-21)22-7-5-15-30-17-22)23-8-2-3-9-24(23)19-10-12-20(13-11-19)25(26,27)28/h2-18H,1H3. The molecule has 0 radical (unpaired) electrons. The number of hydrogen-bond donors (Lipinski definition) is 0. The maximum atomic E-state index is 13.0. The molecule has 2 aromatic heterocycles. The Morgan fingerprint density at radius 3 is 1.84 bits per heavy atom. The van der Waals surface area contributed by atoms with Gasteiger partial charge in [0.25, 0.3) is 0 Å². The molecule has 4 aromatic rings. The van der Waals surface area contributed by atoms with Gasteiger partial charge in [0.2, 0.25) is 0 Å². The van der Waals surface area contributed by atoms with Gasteiger partial charge in [-0.3, -0.25) is 9.97 Å². The molecule has 0 fully saturated rings. The Bertz CT molecular complexity index is 1090. The average Bonchev–Trinajstić information content (AvgIpc) is 2.80. The van der Waals surface area contributed by atoms with Crippen molar-refractivity contribution >= 4 is 11.4 Å². The first-order chi connectivity index (χ1) is 14.9. The van der Waals surface area contributed by atoms with E-state index in [-0.39, 0.29) is 6.04 Å². The first kappa shape index (κ1) is 20.6. The van der Waals surface area contributed by atoms with Crippen molar-refractivity contribution in [1.29, 1.82) is 0 Å². The molecule has 3 nitrogen and oxygen atoms in total. The van der Waals surface area contributed by atoms with E-state index in [2.05, 4.69) is 21.8 Å². The third kappa shape index (κ3) is 4.43. The van der Waals surface area contributed by atoms with Crippen molar-refractivity contribution in [2.45, 2.75) is 19.1 Å². The lowest BCUT2D eigenvalue weighted by Crippen LogP contribution is -2.22. The number of nitrogens with zero attached hydrogens (tertiary/aromatic N) is 3. The zero-order valence-corrected chi connectivity index (χ0v) is 16.8. The maximum Gasteiger partial charge on any atom is 0.416 e. The quantitative estimate of drug-likeness (QED) is 0.347. The molecule has 0 aliphatic carbocycles. The number of halogens is 3. The zero-order chi connectivity index (χ0) is 21.8. The summed E-state index contributed by atoms with van der Waals surface area (Å²) in [6, 6.07) is 20.6. The molecule has 0 saturated carbocycles. The van der Waals surface area contributed by atoms with Crippen LogP contribution in [0.2, 0.25) is 0 Å². The van der Waals surface area contributed by atoms with E-state index in [1.165, 1.54) is 12.1 Å². The van der Waals surface area contributed by atoms with E-state index in [4.69, 9.17) is 0 Å². The Morgan fingerprint density at radius 2 is 1.32 bits per heavy atom. The SMILES string of the molecule is CC(c1ccccc1-c1ccc(C(F)(F)F)cc1)N(c1cccnc1)c1cccnc1. The van der Waals surface area contributed by atoms with Gasteiger partial charge in [0.15, 0.2) is 0 Å². The Morgan fingerprint density at radius 1 is 0.742 bits per heavy atom. The summed E-state index contributed by atoms with van der Waals surface area (Å²) in [7, 11) is 0. The lowest BCUT2D eigenvalue weighted by atomic mass is 9.93. The molecule has 156 valence electrons. The van der Waals surface area contributed by atoms with Gasteiger partial charge in [0.05, 0.1) is 35.4 Å². The molecule has 2 heterocycles. The molecule has 1 atom stereocenters. The monoisotopic (exact) mass is 419 g/mol. The summed E-state index contributed by atoms with van der Waals surface area (Å²) in [5.41, 5.74) is 3.72. The molecule has 2 aromatic carbocycles. The lowest BCUT2D eigenvalue weighted by Gasteiger charge is -2.32. The minimum Gasteiger partial charge on any atom is -0.332 e. The van der Waals surface area contributed by atoms with E-state index in [1.54, 1.807) is 24.8 Å². The van der Waals surface area contributed by atoms with Crippen LogP contribution in [0.5, 0.6) is 0 Å². The smallest absolute Gasteiger partial charge is 0.332 e. The molecular weight excluding hydrogens is 399 g/mol. The molecular formula is C25H20F3N3. The predicted octanol–water partition coefficient (Wildman–Crippen LogP) is 7.06. The average molecular weight is 419 g/mol. The highest BCUT2D eigenvalue weighted by Gasteiger charge is 2.30. The van der Waals surface area contributed by atoms with Gasteiger partial charge in [-0.25, -0.2) is 0 Å². The Hall–Kier alpha value is -3.67. The normalized spacial score (nSPS) is 12.4. The largest absolute Gasteiger partial charge is 0.416 e. The van der Waals surface area contributed by atoms with Gasteiger partial charge in [-0.2, -0.15) is 13.2 Å². The van der Waals surface area contributed by atoms with Crippen LogP contribution >= 0.6 is 0 Å². The molecule has 0 N–H and O–H groups in total. The lowest BCUT2D eigenvalue weighted by molar-refractivity contribution is -0.137. The summed E-state index contributed by atoms with van der Waals surface area (Å²) in [5.74, 6) is 0. The highest BCUT2D eigenvalue weighted by molar-refractivity contribution is 5.71. The van der Waals surface area contributed by atoms with Crippen molar-refractivity contribution in [2.75, 3.05) is 4.90 Å². The third-order valence-corrected chi connectivity index (χ3v) is 5.17. The van der Waals surface area contributed by atoms with E-state index in [9.17, 15) is 13.2 Å². The summed E-state index contributed by atoms with van der Waals surface area (Å²) < 4.78 is 39.0. The first-order valence-corrected chi connectivity index (χ1v) is 9.81. The molecule has 0 aliphatic rings. The zero-order valence-electron chi connectivity index (χ0n) is 16.8. The van der Waals surface area contributed by atoms with Gasteiger partial charge >= 0.3 is 6.18 Å². The summed E-state index contributed by atoms with van der Waals surface area (Å²) in [5, 5.41) is 0. The number of benzene rings is 2. The van der Waals surface area contributed by atoms with E-state index >= 15 is 0 Å². The van der Waals surface area contributed by atoms with Gasteiger partial charge < -0.3 is 4.90 Å². The Labute approximate surface area is 178 Å². The van der Waals surface area contributed by atoms with Crippen LogP contribution in [0.25, 0.3) is 11.1 Å². The molecule has 0 aliphatic heterocycles. The summed E-state index contributed by atoms with van der Waals surface area (Å²) in [6.07, 6.45) is 2.63. The van der Waals surface area contributed by atoms with Crippen molar-refractivity contribution in [3.63, 3.8) is 0 Å². The van der Waals surface area contributed by atoms with Gasteiger partial charge in [-0.15, -0.1) is 0 Å². The van der Waals surface area contributed by atoms with Crippen molar-refractivity contribution in [3.8, 4) is 11.1 Å². The minimum absolute atomic E-state index is 0.133. The van der Waals surface area contributed by atoms with Crippen LogP contribution in [-0.4, -0.2) is 9.97 Å². The van der Waals surface area contributed by atoms with E-state index in [1.807, 2.05) is 48.5 Å². The Kier molecular flexibility index (Phi) is 5.71. The first-order valence-electron chi connectivity index (χ1n) is 9.81. The van der Waals surface area contributed by atoms with E-state index in [0.29, 0.717) is 0 Å². The highest BCUT2D eigenvalue weighted by atomic mass is 19.4. The van der Waals surface area contributed by atoms with Crippen LogP contribution in [0.4, 0.5) is 24.5 Å². The molecule has 6 heteroatoms. The van der Waals surface area contributed by atoms with Crippen molar-refractivity contribution in [2.24, 2.45) is 0 Å². The second-order valence-corrected chi connectivity index (χ2v) is 7.13. The van der Waals surface area contributed by atoms with Crippen LogP contribution in [0, 0.1) is 0 Å². The molecule has 0 spiro atoms. The minimum atomic E-state index is -4.36. The van der Waals surface area contributed by atoms with Crippen molar-refractivity contribution < 1.29 is 13.2 Å². The topological polar surface area (TPSA) is 29.0 Å². The van der Waals surface area contributed by atoms with E-state index < -0.39 is 11.7 Å². The molecule has 1 unspecified atom stereocenters. The number of pyridine rings is 2. The molecule has 0 amide bonds. The van der Waals surface area contributed by atoms with Crippen LogP contribution in [0.3, 0.4) is 0 Å². The summed E-state index contributed by atoms with van der Waals surface area (Å²) in [4.78, 5) is 10.6. The van der Waals surface area contributed by atoms with Crippen LogP contribution in [0.1, 0.15) is 24.1 Å². The molecule has 0 saturated heterocycles. The maximum absolute atomic E-state index is 13.0. The number of rotatable bonds is 5.